The molecule has 3 aromatic carbocycles. The van der Waals surface area contributed by atoms with Crippen molar-refractivity contribution in [2.24, 2.45) is 22.1 Å². The first kappa shape index (κ1) is 46.6. The van der Waals surface area contributed by atoms with Crippen molar-refractivity contribution in [2.45, 2.75) is 119 Å². The maximum absolute atomic E-state index is 12.2. The first-order valence-corrected chi connectivity index (χ1v) is 23.0. The molecule has 2 saturated carbocycles. The molecule has 1 unspecified atom stereocenters. The molecule has 4 aliphatic rings. The molecule has 59 heavy (non-hydrogen) atoms. The normalized spacial score (nSPS) is 23.5. The minimum Gasteiger partial charge on any atom is -0.595 e. The molecule has 0 amide bonds. The second-order valence-corrected chi connectivity index (χ2v) is 18.4. The fourth-order valence-electron chi connectivity index (χ4n) is 8.57. The van der Waals surface area contributed by atoms with Gasteiger partial charge in [0.15, 0.2) is 5.69 Å². The smallest absolute Gasteiger partial charge is 0.297 e. The van der Waals surface area contributed by atoms with Gasteiger partial charge in [-0.05, 0) is 161 Å². The molecule has 0 bridgehead atoms. The van der Waals surface area contributed by atoms with Gasteiger partial charge in [-0.3, -0.25) is 9.08 Å². The van der Waals surface area contributed by atoms with Gasteiger partial charge in [0.05, 0.1) is 23.1 Å². The lowest BCUT2D eigenvalue weighted by molar-refractivity contribution is -0.991. The summed E-state index contributed by atoms with van der Waals surface area (Å²) in [6, 6.07) is 21.4. The largest absolute Gasteiger partial charge is 0.595 e. The highest BCUT2D eigenvalue weighted by Gasteiger charge is 2.33. The highest BCUT2D eigenvalue weighted by atomic mass is 35.5. The Labute approximate surface area is 358 Å². The molecule has 17 heteroatoms. The predicted octanol–water partition coefficient (Wildman–Crippen LogP) is 9.51. The lowest BCUT2D eigenvalue weighted by Gasteiger charge is -2.42. The summed E-state index contributed by atoms with van der Waals surface area (Å²) in [5.74, 6) is 1.62. The third-order valence-electron chi connectivity index (χ3n) is 11.9. The summed E-state index contributed by atoms with van der Waals surface area (Å²) in [5, 5.41) is 31.1. The van der Waals surface area contributed by atoms with Crippen LogP contribution >= 0.6 is 23.2 Å². The number of piperidine rings is 2. The number of hydrogen-bond donors (Lipinski definition) is 3. The Hall–Kier alpha value is -3.43. The van der Waals surface area contributed by atoms with Crippen LogP contribution in [0.5, 0.6) is 0 Å². The van der Waals surface area contributed by atoms with Crippen LogP contribution in [0, 0.1) is 17.0 Å². The minimum atomic E-state index is -4.03. The highest BCUT2D eigenvalue weighted by Crippen LogP contribution is 2.31. The molecule has 14 nitrogen and oxygen atoms in total. The monoisotopic (exact) mass is 869 g/mol. The summed E-state index contributed by atoms with van der Waals surface area (Å²) in [6.45, 7) is 4.64. The highest BCUT2D eigenvalue weighted by molar-refractivity contribution is 7.86. The summed E-state index contributed by atoms with van der Waals surface area (Å²) in [5.41, 5.74) is 20.1. The van der Waals surface area contributed by atoms with Crippen LogP contribution in [0.1, 0.15) is 88.2 Å². The van der Waals surface area contributed by atoms with Crippen LogP contribution in [-0.2, 0) is 27.1 Å². The predicted molar refractivity (Wildman–Crippen MR) is 231 cm³/mol. The van der Waals surface area contributed by atoms with E-state index in [9.17, 15) is 13.6 Å². The Morgan fingerprint density at radius 3 is 1.76 bits per heavy atom. The Balaban J connectivity index is 0.000000173. The van der Waals surface area contributed by atoms with E-state index in [4.69, 9.17) is 43.7 Å². The Morgan fingerprint density at radius 1 is 0.729 bits per heavy atom. The Kier molecular flexibility index (Phi) is 19.1. The topological polar surface area (TPSA) is 204 Å². The third-order valence-corrected chi connectivity index (χ3v) is 13.7. The van der Waals surface area contributed by atoms with Crippen molar-refractivity contribution in [1.82, 2.24) is 10.2 Å². The number of likely N-dealkylation sites (tertiary alicyclic amines) is 1. The number of halogens is 2. The van der Waals surface area contributed by atoms with Crippen molar-refractivity contribution in [3.05, 3.63) is 120 Å². The van der Waals surface area contributed by atoms with Crippen LogP contribution in [0.15, 0.2) is 87.9 Å². The molecule has 2 aliphatic carbocycles. The zero-order valence-electron chi connectivity index (χ0n) is 33.5. The first-order chi connectivity index (χ1) is 28.5. The van der Waals surface area contributed by atoms with Crippen LogP contribution in [0.3, 0.4) is 0 Å². The zero-order chi connectivity index (χ0) is 42.0. The van der Waals surface area contributed by atoms with E-state index >= 15 is 0 Å². The minimum absolute atomic E-state index is 0.0106. The van der Waals surface area contributed by atoms with E-state index < -0.39 is 27.5 Å². The van der Waals surface area contributed by atoms with E-state index in [0.29, 0.717) is 18.9 Å². The number of nitrogens with one attached hydrogen (secondary N) is 2. The van der Waals surface area contributed by atoms with Gasteiger partial charge in [0.2, 0.25) is 0 Å². The number of azide groups is 2. The molecule has 0 aromatic heterocycles. The molecular formula is C42H57Cl2N9O5S. The fraction of sp³-hybridized carbons (Fsp3) is 0.571. The van der Waals surface area contributed by atoms with E-state index in [1.54, 1.807) is 0 Å². The standard InChI is InChI=1S/C18H25ClN4.C12H16ClN.C12H16N4O5S/c19-16-7-5-14(6-8-16)13-15-9-11-23(12-10-15)18-4-2-1-3-17(18)21-22-20;13-12-3-1-10(2-4-12)9-11-5-7-14-8-6-11;13-15-14-11-3-1-2-4-12(11)21-22(19,20)10-7-5-9(6-8-10)16(17)18/h5-8,15,17-18H,1-4,9-13H2;1-4,11,14H,5-9H2;5-8,11-12,16-17H,1-4H2/t17-,18+;;11-,12-/m1.1/s1. The number of hydrogen-bond acceptors (Lipinski definition) is 9. The van der Waals surface area contributed by atoms with E-state index in [2.05, 4.69) is 54.5 Å². The molecule has 4 fully saturated rings. The van der Waals surface area contributed by atoms with Crippen molar-refractivity contribution < 1.29 is 23.0 Å². The lowest BCUT2D eigenvalue weighted by Crippen LogP contribution is -2.99. The van der Waals surface area contributed by atoms with Gasteiger partial charge in [0.1, 0.15) is 0 Å². The summed E-state index contributed by atoms with van der Waals surface area (Å²) in [7, 11) is -4.03. The second-order valence-electron chi connectivity index (χ2n) is 15.9. The van der Waals surface area contributed by atoms with E-state index in [-0.39, 0.29) is 16.6 Å². The molecule has 320 valence electrons. The van der Waals surface area contributed by atoms with Gasteiger partial charge in [-0.1, -0.05) is 83.4 Å². The van der Waals surface area contributed by atoms with Crippen molar-refractivity contribution in [3.63, 3.8) is 0 Å². The maximum atomic E-state index is 12.2. The van der Waals surface area contributed by atoms with Crippen LogP contribution in [0.25, 0.3) is 20.9 Å². The van der Waals surface area contributed by atoms with Crippen LogP contribution in [0.4, 0.5) is 5.69 Å². The summed E-state index contributed by atoms with van der Waals surface area (Å²) in [6.07, 6.45) is 14.2. The summed E-state index contributed by atoms with van der Waals surface area (Å²) >= 11 is 11.8. The Morgan fingerprint density at radius 2 is 1.22 bits per heavy atom. The van der Waals surface area contributed by atoms with Crippen molar-refractivity contribution in [1.29, 1.82) is 0 Å². The molecule has 2 aliphatic heterocycles. The summed E-state index contributed by atoms with van der Waals surface area (Å²) < 4.78 is 29.6. The molecular weight excluding hydrogens is 813 g/mol. The van der Waals surface area contributed by atoms with Gasteiger partial charge in [-0.25, -0.2) is 5.21 Å². The van der Waals surface area contributed by atoms with Gasteiger partial charge in [0.25, 0.3) is 10.1 Å². The fourth-order valence-corrected chi connectivity index (χ4v) is 9.95. The van der Waals surface area contributed by atoms with E-state index in [0.717, 1.165) is 60.7 Å². The van der Waals surface area contributed by atoms with Crippen LogP contribution in [-0.4, -0.2) is 68.9 Å². The van der Waals surface area contributed by atoms with E-state index in [1.807, 2.05) is 24.3 Å². The molecule has 0 radical (unpaired) electrons. The average Bonchev–Trinajstić information content (AvgIpc) is 3.25. The average molecular weight is 871 g/mol. The lowest BCUT2D eigenvalue weighted by atomic mass is 9.85. The molecule has 5 atom stereocenters. The van der Waals surface area contributed by atoms with Gasteiger partial charge in [-0.2, -0.15) is 13.6 Å². The SMILES string of the molecule is Clc1ccc(CC2CCNCC2)cc1.[N-]=[N+]=N[C@@H]1CCCC[C@@H]1N1CCC(Cc2ccc(Cl)cc2)CC1.[N-]=[N+]=N[C@@H]1CCCC[C@H]1OS(=O)(=O)c1ccc([NH+]([O-])O)cc1. The molecule has 2 saturated heterocycles. The quantitative estimate of drug-likeness (QED) is 0.0559. The number of benzene rings is 3. The first-order valence-electron chi connectivity index (χ1n) is 20.8. The van der Waals surface area contributed by atoms with Gasteiger partial charge >= 0.3 is 0 Å². The van der Waals surface area contributed by atoms with Gasteiger partial charge in [0, 0.05) is 38.0 Å². The maximum Gasteiger partial charge on any atom is 0.297 e. The molecule has 0 spiro atoms. The summed E-state index contributed by atoms with van der Waals surface area (Å²) in [4.78, 5) is 8.26. The van der Waals surface area contributed by atoms with Gasteiger partial charge < -0.3 is 10.5 Å². The van der Waals surface area contributed by atoms with E-state index in [1.165, 1.54) is 99.8 Å². The Bertz CT molecular complexity index is 1920. The number of rotatable bonds is 11. The molecule has 3 aromatic rings. The van der Waals surface area contributed by atoms with Crippen LogP contribution < -0.4 is 10.5 Å². The van der Waals surface area contributed by atoms with Crippen molar-refractivity contribution in [2.75, 3.05) is 26.2 Å². The second kappa shape index (κ2) is 24.1. The molecule has 2 heterocycles. The number of nitrogens with zero attached hydrogens (tertiary/aromatic N) is 7. The third kappa shape index (κ3) is 15.2. The molecule has 3 N–H and O–H groups in total. The van der Waals surface area contributed by atoms with Crippen molar-refractivity contribution in [3.8, 4) is 0 Å². The zero-order valence-corrected chi connectivity index (χ0v) is 35.8. The van der Waals surface area contributed by atoms with Crippen molar-refractivity contribution >= 4 is 39.0 Å². The van der Waals surface area contributed by atoms with Gasteiger partial charge in [-0.15, -0.1) is 0 Å². The number of quaternary nitrogens is 1. The van der Waals surface area contributed by atoms with Crippen LogP contribution in [0.2, 0.25) is 10.0 Å². The molecule has 7 rings (SSSR count).